The maximum absolute atomic E-state index is 12.5. The Balaban J connectivity index is 1.61. The fourth-order valence-electron chi connectivity index (χ4n) is 2.76. The fraction of sp³-hybridized carbons (Fsp3) is 0.118. The predicted molar refractivity (Wildman–Crippen MR) is 105 cm³/mol. The second-order valence-corrected chi connectivity index (χ2v) is 9.26. The van der Waals surface area contributed by atoms with Crippen molar-refractivity contribution in [1.82, 2.24) is 4.98 Å². The highest BCUT2D eigenvalue weighted by atomic mass is 35.5. The molecule has 3 aromatic rings. The van der Waals surface area contributed by atoms with Gasteiger partial charge >= 0.3 is 0 Å². The number of anilines is 2. The van der Waals surface area contributed by atoms with E-state index in [1.165, 1.54) is 35.6 Å². The molecule has 1 aromatic heterocycles. The Morgan fingerprint density at radius 1 is 1.22 bits per heavy atom. The van der Waals surface area contributed by atoms with Crippen LogP contribution in [-0.4, -0.2) is 31.0 Å². The topological polar surface area (TPSA) is 96.4 Å². The number of sulfonamides is 1. The lowest BCUT2D eigenvalue weighted by atomic mass is 10.2. The number of aromatic nitrogens is 1. The molecule has 2 amide bonds. The van der Waals surface area contributed by atoms with Crippen molar-refractivity contribution >= 4 is 65.8 Å². The van der Waals surface area contributed by atoms with E-state index < -0.39 is 21.8 Å². The molecule has 0 saturated carbocycles. The number of halogens is 1. The molecule has 1 saturated heterocycles. The summed E-state index contributed by atoms with van der Waals surface area (Å²) < 4.78 is 25.7. The molecular weight excluding hydrogens is 410 g/mol. The second kappa shape index (κ2) is 6.59. The van der Waals surface area contributed by atoms with E-state index in [1.54, 1.807) is 18.2 Å². The van der Waals surface area contributed by atoms with E-state index in [4.69, 9.17) is 11.6 Å². The lowest BCUT2D eigenvalue weighted by Crippen LogP contribution is -2.29. The monoisotopic (exact) mass is 421 g/mol. The standard InChI is InChI=1S/C17H12ClN3O4S2/c18-11-4-5-13-14(9-11)26-17(19-13)20-16(23)10-2-1-3-12(8-10)21-15(22)6-7-27(21,24)25/h1-5,8-9H,6-7H2,(H,19,20,23). The van der Waals surface area contributed by atoms with E-state index in [0.29, 0.717) is 15.7 Å². The molecule has 0 radical (unpaired) electrons. The number of benzene rings is 2. The van der Waals surface area contributed by atoms with E-state index in [9.17, 15) is 18.0 Å². The highest BCUT2D eigenvalue weighted by Gasteiger charge is 2.36. The number of hydrogen-bond donors (Lipinski definition) is 1. The normalized spacial score (nSPS) is 16.0. The van der Waals surface area contributed by atoms with Crippen LogP contribution in [0.4, 0.5) is 10.8 Å². The van der Waals surface area contributed by atoms with E-state index >= 15 is 0 Å². The Kier molecular flexibility index (Phi) is 4.37. The number of amides is 2. The van der Waals surface area contributed by atoms with Gasteiger partial charge in [0.15, 0.2) is 5.13 Å². The molecule has 1 fully saturated rings. The highest BCUT2D eigenvalue weighted by molar-refractivity contribution is 7.94. The summed E-state index contributed by atoms with van der Waals surface area (Å²) in [4.78, 5) is 28.8. The zero-order valence-electron chi connectivity index (χ0n) is 13.7. The van der Waals surface area contributed by atoms with E-state index in [1.807, 2.05) is 0 Å². The molecule has 1 N–H and O–H groups in total. The Morgan fingerprint density at radius 2 is 2.04 bits per heavy atom. The number of thiazole rings is 1. The third-order valence-electron chi connectivity index (χ3n) is 3.99. The van der Waals surface area contributed by atoms with Crippen molar-refractivity contribution in [3.63, 3.8) is 0 Å². The third kappa shape index (κ3) is 3.41. The van der Waals surface area contributed by atoms with E-state index in [2.05, 4.69) is 10.3 Å². The minimum Gasteiger partial charge on any atom is -0.298 e. The molecule has 0 aliphatic carbocycles. The highest BCUT2D eigenvalue weighted by Crippen LogP contribution is 2.29. The molecule has 0 spiro atoms. The molecule has 2 heterocycles. The molecule has 10 heteroatoms. The summed E-state index contributed by atoms with van der Waals surface area (Å²) in [6.45, 7) is 0. The number of hydrogen-bond acceptors (Lipinski definition) is 6. The predicted octanol–water partition coefficient (Wildman–Crippen LogP) is 3.27. The first-order valence-electron chi connectivity index (χ1n) is 7.87. The molecule has 27 heavy (non-hydrogen) atoms. The van der Waals surface area contributed by atoms with Gasteiger partial charge in [-0.25, -0.2) is 17.7 Å². The van der Waals surface area contributed by atoms with Crippen LogP contribution < -0.4 is 9.62 Å². The summed E-state index contributed by atoms with van der Waals surface area (Å²) in [6.07, 6.45) is -0.0625. The van der Waals surface area contributed by atoms with Crippen LogP contribution in [0.25, 0.3) is 10.2 Å². The first kappa shape index (κ1) is 17.9. The Morgan fingerprint density at radius 3 is 2.78 bits per heavy atom. The number of carbonyl (C=O) groups excluding carboxylic acids is 2. The molecule has 1 aliphatic rings. The number of nitrogens with zero attached hydrogens (tertiary/aromatic N) is 2. The molecule has 0 unspecified atom stereocenters. The molecule has 138 valence electrons. The molecule has 0 atom stereocenters. The Bertz CT molecular complexity index is 1190. The zero-order chi connectivity index (χ0) is 19.2. The second-order valence-electron chi connectivity index (χ2n) is 5.86. The largest absolute Gasteiger partial charge is 0.298 e. The average molecular weight is 422 g/mol. The van der Waals surface area contributed by atoms with E-state index in [-0.39, 0.29) is 23.4 Å². The van der Waals surface area contributed by atoms with Gasteiger partial charge in [0.1, 0.15) is 0 Å². The van der Waals surface area contributed by atoms with E-state index in [0.717, 1.165) is 9.01 Å². The van der Waals surface area contributed by atoms with Crippen molar-refractivity contribution in [3.8, 4) is 0 Å². The van der Waals surface area contributed by atoms with Crippen LogP contribution in [-0.2, 0) is 14.8 Å². The van der Waals surface area contributed by atoms with Crippen molar-refractivity contribution in [2.24, 2.45) is 0 Å². The molecule has 4 rings (SSSR count). The van der Waals surface area contributed by atoms with Crippen LogP contribution in [0, 0.1) is 0 Å². The summed E-state index contributed by atoms with van der Waals surface area (Å²) in [7, 11) is -3.68. The molecule has 1 aliphatic heterocycles. The molecule has 0 bridgehead atoms. The van der Waals surface area contributed by atoms with Crippen molar-refractivity contribution in [1.29, 1.82) is 0 Å². The van der Waals surface area contributed by atoms with Crippen LogP contribution >= 0.6 is 22.9 Å². The summed E-state index contributed by atoms with van der Waals surface area (Å²) in [5.74, 6) is -1.18. The molecule has 7 nitrogen and oxygen atoms in total. The van der Waals surface area contributed by atoms with Crippen LogP contribution in [0.2, 0.25) is 5.02 Å². The van der Waals surface area contributed by atoms with Gasteiger partial charge in [0, 0.05) is 17.0 Å². The average Bonchev–Trinajstić information content (AvgIpc) is 3.13. The van der Waals surface area contributed by atoms with Crippen LogP contribution in [0.1, 0.15) is 16.8 Å². The summed E-state index contributed by atoms with van der Waals surface area (Å²) in [5, 5.41) is 3.66. The summed E-state index contributed by atoms with van der Waals surface area (Å²) >= 11 is 7.23. The Labute approximate surface area is 163 Å². The van der Waals surface area contributed by atoms with Gasteiger partial charge in [-0.3, -0.25) is 14.9 Å². The van der Waals surface area contributed by atoms with Gasteiger partial charge in [-0.15, -0.1) is 0 Å². The van der Waals surface area contributed by atoms with Crippen molar-refractivity contribution in [3.05, 3.63) is 53.1 Å². The van der Waals surface area contributed by atoms with Gasteiger partial charge in [-0.2, -0.15) is 0 Å². The van der Waals surface area contributed by atoms with Crippen LogP contribution in [0.15, 0.2) is 42.5 Å². The van der Waals surface area contributed by atoms with Crippen molar-refractivity contribution < 1.29 is 18.0 Å². The van der Waals surface area contributed by atoms with Gasteiger partial charge in [0.2, 0.25) is 15.9 Å². The first-order chi connectivity index (χ1) is 12.8. The Hall–Kier alpha value is -2.49. The number of nitrogens with one attached hydrogen (secondary N) is 1. The lowest BCUT2D eigenvalue weighted by molar-refractivity contribution is -0.116. The number of fused-ring (bicyclic) bond motifs is 1. The van der Waals surface area contributed by atoms with Gasteiger partial charge in [0.25, 0.3) is 5.91 Å². The van der Waals surface area contributed by atoms with Gasteiger partial charge in [-0.05, 0) is 36.4 Å². The van der Waals surface area contributed by atoms with Crippen LogP contribution in [0.3, 0.4) is 0 Å². The fourth-order valence-corrected chi connectivity index (χ4v) is 5.35. The molecule has 2 aromatic carbocycles. The maximum Gasteiger partial charge on any atom is 0.257 e. The van der Waals surface area contributed by atoms with Gasteiger partial charge < -0.3 is 0 Å². The smallest absolute Gasteiger partial charge is 0.257 e. The SMILES string of the molecule is O=C(Nc1nc2ccc(Cl)cc2s1)c1cccc(N2C(=O)CCS2(=O)=O)c1. The summed E-state index contributed by atoms with van der Waals surface area (Å²) in [5.41, 5.74) is 1.09. The van der Waals surface area contributed by atoms with Crippen molar-refractivity contribution in [2.45, 2.75) is 6.42 Å². The summed E-state index contributed by atoms with van der Waals surface area (Å²) in [6, 6.07) is 11.2. The van der Waals surface area contributed by atoms with Gasteiger partial charge in [-0.1, -0.05) is 29.0 Å². The minimum atomic E-state index is -3.68. The van der Waals surface area contributed by atoms with Crippen molar-refractivity contribution in [2.75, 3.05) is 15.4 Å². The minimum absolute atomic E-state index is 0.0625. The molecular formula is C17H12ClN3O4S2. The first-order valence-corrected chi connectivity index (χ1v) is 10.7. The third-order valence-corrected chi connectivity index (χ3v) is 6.85. The van der Waals surface area contributed by atoms with Gasteiger partial charge in [0.05, 0.1) is 21.7 Å². The van der Waals surface area contributed by atoms with Crippen LogP contribution in [0.5, 0.6) is 0 Å². The number of carbonyl (C=O) groups is 2. The maximum atomic E-state index is 12.5. The quantitative estimate of drug-likeness (QED) is 0.700. The lowest BCUT2D eigenvalue weighted by Gasteiger charge is -2.15. The number of rotatable bonds is 3. The zero-order valence-corrected chi connectivity index (χ0v) is 16.1.